The van der Waals surface area contributed by atoms with Gasteiger partial charge in [0.05, 0.1) is 7.11 Å². The van der Waals surface area contributed by atoms with Gasteiger partial charge < -0.3 is 9.84 Å². The molecule has 0 spiro atoms. The molecule has 0 amide bonds. The third-order valence-electron chi connectivity index (χ3n) is 3.26. The van der Waals surface area contributed by atoms with E-state index < -0.39 is 18.2 Å². The normalized spacial score (nSPS) is 15.2. The van der Waals surface area contributed by atoms with Crippen LogP contribution in [0.4, 0.5) is 13.2 Å². The zero-order valence-electron chi connectivity index (χ0n) is 11.2. The maximum atomic E-state index is 13.2. The van der Waals surface area contributed by atoms with Crippen LogP contribution in [-0.4, -0.2) is 18.4 Å². The smallest absolute Gasteiger partial charge is 0.421 e. The maximum Gasteiger partial charge on any atom is 0.421 e. The molecule has 1 aromatic rings. The zero-order valence-corrected chi connectivity index (χ0v) is 11.9. The molecule has 1 N–H and O–H groups in total. The number of benzene rings is 1. The van der Waals surface area contributed by atoms with Crippen LogP contribution < -0.4 is 4.74 Å². The van der Waals surface area contributed by atoms with Crippen molar-refractivity contribution < 1.29 is 23.0 Å². The van der Waals surface area contributed by atoms with E-state index in [0.717, 1.165) is 0 Å². The predicted molar refractivity (Wildman–Crippen MR) is 67.7 cm³/mol. The van der Waals surface area contributed by atoms with Gasteiger partial charge in [0.1, 0.15) is 5.75 Å². The van der Waals surface area contributed by atoms with Crippen molar-refractivity contribution in [2.75, 3.05) is 7.11 Å². The van der Waals surface area contributed by atoms with Crippen LogP contribution in [0, 0.1) is 13.8 Å². The predicted octanol–water partition coefficient (Wildman–Crippen LogP) is 4.13. The Morgan fingerprint density at radius 1 is 1.32 bits per heavy atom. The highest BCUT2D eigenvalue weighted by Gasteiger charge is 2.55. The molecule has 108 valence electrons. The van der Waals surface area contributed by atoms with Gasteiger partial charge in [-0.3, -0.25) is 0 Å². The standard InChI is InChI=1S/C13H16ClF3O2/c1-5-12(18,13(15,16)17)10-8(3)11(14)7(2)6-9(10)19-4/h6,18H,5H2,1-4H3. The van der Waals surface area contributed by atoms with E-state index >= 15 is 0 Å². The number of halogens is 4. The Hall–Kier alpha value is -0.940. The van der Waals surface area contributed by atoms with Crippen molar-refractivity contribution in [3.05, 3.63) is 27.8 Å². The highest BCUT2D eigenvalue weighted by atomic mass is 35.5. The number of ether oxygens (including phenoxy) is 1. The van der Waals surface area contributed by atoms with E-state index in [1.54, 1.807) is 6.92 Å². The van der Waals surface area contributed by atoms with Crippen LogP contribution in [0.25, 0.3) is 0 Å². The fourth-order valence-electron chi connectivity index (χ4n) is 2.12. The molecule has 6 heteroatoms. The van der Waals surface area contributed by atoms with Crippen molar-refractivity contribution >= 4 is 11.6 Å². The van der Waals surface area contributed by atoms with Gasteiger partial charge >= 0.3 is 6.18 Å². The average Bonchev–Trinajstić information content (AvgIpc) is 2.33. The third kappa shape index (κ3) is 2.54. The molecule has 1 atom stereocenters. The molecule has 0 heterocycles. The average molecular weight is 297 g/mol. The largest absolute Gasteiger partial charge is 0.496 e. The van der Waals surface area contributed by atoms with E-state index in [9.17, 15) is 18.3 Å². The molecule has 0 aromatic heterocycles. The van der Waals surface area contributed by atoms with E-state index in [4.69, 9.17) is 16.3 Å². The minimum atomic E-state index is -4.81. The molecular formula is C13H16ClF3O2. The van der Waals surface area contributed by atoms with Gasteiger partial charge in [0.2, 0.25) is 0 Å². The summed E-state index contributed by atoms with van der Waals surface area (Å²) in [5.74, 6) is -0.0129. The highest BCUT2D eigenvalue weighted by molar-refractivity contribution is 6.32. The van der Waals surface area contributed by atoms with Gasteiger partial charge in [-0.25, -0.2) is 0 Å². The molecule has 0 aliphatic heterocycles. The summed E-state index contributed by atoms with van der Waals surface area (Å²) in [6, 6.07) is 1.40. The number of aliphatic hydroxyl groups is 1. The molecule has 0 fully saturated rings. The fraction of sp³-hybridized carbons (Fsp3) is 0.538. The van der Waals surface area contributed by atoms with Crippen molar-refractivity contribution in [1.82, 2.24) is 0 Å². The summed E-state index contributed by atoms with van der Waals surface area (Å²) in [5, 5.41) is 10.3. The molecule has 0 saturated carbocycles. The lowest BCUT2D eigenvalue weighted by Gasteiger charge is -2.33. The highest BCUT2D eigenvalue weighted by Crippen LogP contribution is 2.48. The van der Waals surface area contributed by atoms with Gasteiger partial charge in [-0.1, -0.05) is 18.5 Å². The molecule has 19 heavy (non-hydrogen) atoms. The molecule has 0 bridgehead atoms. The van der Waals surface area contributed by atoms with Crippen LogP contribution in [-0.2, 0) is 5.60 Å². The number of hydrogen-bond donors (Lipinski definition) is 1. The summed E-state index contributed by atoms with van der Waals surface area (Å²) >= 11 is 5.99. The Labute approximate surface area is 115 Å². The first-order valence-electron chi connectivity index (χ1n) is 5.73. The Balaban J connectivity index is 3.70. The van der Waals surface area contributed by atoms with E-state index in [2.05, 4.69) is 0 Å². The first-order chi connectivity index (χ1) is 8.60. The van der Waals surface area contributed by atoms with Crippen LogP contribution in [0.1, 0.15) is 30.0 Å². The van der Waals surface area contributed by atoms with Crippen molar-refractivity contribution in [3.63, 3.8) is 0 Å². The van der Waals surface area contributed by atoms with Crippen LogP contribution in [0.2, 0.25) is 5.02 Å². The van der Waals surface area contributed by atoms with Gasteiger partial charge in [0.25, 0.3) is 0 Å². The number of hydrogen-bond acceptors (Lipinski definition) is 2. The molecule has 1 aromatic carbocycles. The summed E-state index contributed by atoms with van der Waals surface area (Å²) in [4.78, 5) is 0. The number of alkyl halides is 3. The SMILES string of the molecule is CCC(O)(c1c(OC)cc(C)c(Cl)c1C)C(F)(F)F. The van der Waals surface area contributed by atoms with E-state index in [1.165, 1.54) is 27.0 Å². The number of methoxy groups -OCH3 is 1. The minimum Gasteiger partial charge on any atom is -0.496 e. The van der Waals surface area contributed by atoms with Crippen LogP contribution in [0.3, 0.4) is 0 Å². The summed E-state index contributed by atoms with van der Waals surface area (Å²) in [6.07, 6.45) is -5.33. The topological polar surface area (TPSA) is 29.5 Å². The van der Waals surface area contributed by atoms with Crippen LogP contribution in [0.15, 0.2) is 6.07 Å². The second-order valence-corrected chi connectivity index (χ2v) is 4.80. The Kier molecular flexibility index (Phi) is 4.42. The maximum absolute atomic E-state index is 13.2. The summed E-state index contributed by atoms with van der Waals surface area (Å²) < 4.78 is 44.5. The Morgan fingerprint density at radius 3 is 2.21 bits per heavy atom. The molecule has 0 aliphatic rings. The molecule has 0 radical (unpaired) electrons. The van der Waals surface area contributed by atoms with Crippen LogP contribution in [0.5, 0.6) is 5.75 Å². The van der Waals surface area contributed by atoms with Gasteiger partial charge in [-0.2, -0.15) is 13.2 Å². The Morgan fingerprint density at radius 2 is 1.84 bits per heavy atom. The number of rotatable bonds is 3. The number of aryl methyl sites for hydroxylation is 1. The van der Waals surface area contributed by atoms with Crippen molar-refractivity contribution in [3.8, 4) is 5.75 Å². The van der Waals surface area contributed by atoms with E-state index in [-0.39, 0.29) is 21.9 Å². The molecule has 0 aliphatic carbocycles. The molecule has 0 saturated heterocycles. The summed E-state index contributed by atoms with van der Waals surface area (Å²) in [7, 11) is 1.26. The van der Waals surface area contributed by atoms with Crippen molar-refractivity contribution in [2.45, 2.75) is 39.0 Å². The molecule has 1 rings (SSSR count). The zero-order chi connectivity index (χ0) is 15.0. The van der Waals surface area contributed by atoms with Gasteiger partial charge in [-0.05, 0) is 37.5 Å². The molecule has 1 unspecified atom stereocenters. The lowest BCUT2D eigenvalue weighted by molar-refractivity contribution is -0.268. The first-order valence-corrected chi connectivity index (χ1v) is 6.11. The monoisotopic (exact) mass is 296 g/mol. The molecule has 2 nitrogen and oxygen atoms in total. The summed E-state index contributed by atoms with van der Waals surface area (Å²) in [6.45, 7) is 4.37. The third-order valence-corrected chi connectivity index (χ3v) is 3.84. The Bertz CT molecular complexity index is 486. The first kappa shape index (κ1) is 16.1. The second-order valence-electron chi connectivity index (χ2n) is 4.42. The minimum absolute atomic E-state index is 0.0129. The summed E-state index contributed by atoms with van der Waals surface area (Å²) in [5.41, 5.74) is -2.51. The fourth-order valence-corrected chi connectivity index (χ4v) is 2.27. The second kappa shape index (κ2) is 5.21. The lowest BCUT2D eigenvalue weighted by Crippen LogP contribution is -2.42. The van der Waals surface area contributed by atoms with Gasteiger partial charge in [-0.15, -0.1) is 0 Å². The van der Waals surface area contributed by atoms with E-state index in [1.807, 2.05) is 0 Å². The molecular weight excluding hydrogens is 281 g/mol. The van der Waals surface area contributed by atoms with Crippen LogP contribution >= 0.6 is 11.6 Å². The lowest BCUT2D eigenvalue weighted by atomic mass is 9.85. The van der Waals surface area contributed by atoms with Gasteiger partial charge in [0.15, 0.2) is 5.60 Å². The quantitative estimate of drug-likeness (QED) is 0.909. The van der Waals surface area contributed by atoms with Crippen molar-refractivity contribution in [1.29, 1.82) is 0 Å². The van der Waals surface area contributed by atoms with Gasteiger partial charge in [0, 0.05) is 10.6 Å². The van der Waals surface area contributed by atoms with E-state index in [0.29, 0.717) is 5.56 Å². The van der Waals surface area contributed by atoms with Crippen molar-refractivity contribution in [2.24, 2.45) is 0 Å².